The van der Waals surface area contributed by atoms with E-state index in [0.29, 0.717) is 28.2 Å². The molecule has 0 atom stereocenters. The molecule has 0 aliphatic heterocycles. The number of ether oxygens (including phenoxy) is 2. The minimum Gasteiger partial charge on any atom is -0.497 e. The third-order valence-corrected chi connectivity index (χ3v) is 5.70. The van der Waals surface area contributed by atoms with Crippen LogP contribution in [-0.2, 0) is 10.0 Å². The molecule has 1 aromatic heterocycles. The second-order valence-electron chi connectivity index (χ2n) is 6.76. The molecule has 0 spiro atoms. The summed E-state index contributed by atoms with van der Waals surface area (Å²) in [6.45, 7) is 0. The van der Waals surface area contributed by atoms with Crippen LogP contribution < -0.4 is 19.9 Å². The number of rotatable bonds is 6. The summed E-state index contributed by atoms with van der Waals surface area (Å²) < 4.78 is 50.1. The van der Waals surface area contributed by atoms with Gasteiger partial charge in [0.1, 0.15) is 23.0 Å². The Kier molecular flexibility index (Phi) is 5.64. The van der Waals surface area contributed by atoms with Crippen LogP contribution in [0.25, 0.3) is 22.3 Å². The van der Waals surface area contributed by atoms with E-state index in [-0.39, 0.29) is 17.1 Å². The molecule has 0 unspecified atom stereocenters. The number of para-hydroxylation sites is 2. The summed E-state index contributed by atoms with van der Waals surface area (Å²) in [6, 6.07) is 15.7. The zero-order valence-electron chi connectivity index (χ0n) is 17.2. The molecule has 0 amide bonds. The van der Waals surface area contributed by atoms with Gasteiger partial charge >= 0.3 is 0 Å². The number of anilines is 2. The number of halogens is 1. The summed E-state index contributed by atoms with van der Waals surface area (Å²) in [5.74, 6) is 0.318. The molecule has 4 rings (SSSR count). The number of benzene rings is 3. The van der Waals surface area contributed by atoms with Crippen LogP contribution >= 0.6 is 0 Å². The maximum Gasteiger partial charge on any atom is 0.238 e. The van der Waals surface area contributed by atoms with E-state index < -0.39 is 20.7 Å². The second-order valence-corrected chi connectivity index (χ2v) is 8.29. The average molecular weight is 454 g/mol. The van der Waals surface area contributed by atoms with Crippen LogP contribution in [0.4, 0.5) is 15.9 Å². The number of hydrogen-bond acceptors (Lipinski definition) is 7. The van der Waals surface area contributed by atoms with Gasteiger partial charge in [-0.25, -0.2) is 27.9 Å². The molecule has 0 radical (unpaired) electrons. The zero-order chi connectivity index (χ0) is 22.9. The molecular weight excluding hydrogens is 435 g/mol. The SMILES string of the molecule is COc1ccc(OC)c(Nc2nc3ccccc3nc2-c2c(F)cccc2S(N)(=O)=O)c1. The van der Waals surface area contributed by atoms with Crippen LogP contribution in [0.1, 0.15) is 0 Å². The first kappa shape index (κ1) is 21.5. The van der Waals surface area contributed by atoms with Gasteiger partial charge in [0.05, 0.1) is 41.4 Å². The summed E-state index contributed by atoms with van der Waals surface area (Å²) in [7, 11) is -1.24. The highest BCUT2D eigenvalue weighted by Gasteiger charge is 2.24. The first-order chi connectivity index (χ1) is 15.3. The number of methoxy groups -OCH3 is 2. The number of hydrogen-bond donors (Lipinski definition) is 2. The van der Waals surface area contributed by atoms with E-state index in [2.05, 4.69) is 15.3 Å². The Bertz CT molecular complexity index is 1430. The fourth-order valence-electron chi connectivity index (χ4n) is 3.27. The Labute approximate surface area is 183 Å². The Morgan fingerprint density at radius 3 is 2.31 bits per heavy atom. The van der Waals surface area contributed by atoms with Gasteiger partial charge in [-0.2, -0.15) is 0 Å². The zero-order valence-corrected chi connectivity index (χ0v) is 18.0. The van der Waals surface area contributed by atoms with Crippen molar-refractivity contribution >= 4 is 32.6 Å². The molecule has 0 aliphatic carbocycles. The average Bonchev–Trinajstić information content (AvgIpc) is 2.78. The fourth-order valence-corrected chi connectivity index (χ4v) is 4.02. The maximum atomic E-state index is 15.0. The van der Waals surface area contributed by atoms with Gasteiger partial charge in [0, 0.05) is 6.07 Å². The summed E-state index contributed by atoms with van der Waals surface area (Å²) in [4.78, 5) is 8.69. The van der Waals surface area contributed by atoms with Crippen molar-refractivity contribution in [1.82, 2.24) is 9.97 Å². The molecule has 4 aromatic rings. The van der Waals surface area contributed by atoms with Crippen molar-refractivity contribution in [3.8, 4) is 22.8 Å². The first-order valence-corrected chi connectivity index (χ1v) is 10.9. The van der Waals surface area contributed by atoms with Gasteiger partial charge in [0.15, 0.2) is 5.82 Å². The fraction of sp³-hybridized carbons (Fsp3) is 0.0909. The topological polar surface area (TPSA) is 116 Å². The quantitative estimate of drug-likeness (QED) is 0.455. The number of nitrogens with one attached hydrogen (secondary N) is 1. The van der Waals surface area contributed by atoms with E-state index >= 15 is 0 Å². The van der Waals surface area contributed by atoms with Crippen LogP contribution in [0.15, 0.2) is 65.6 Å². The Balaban J connectivity index is 2.01. The van der Waals surface area contributed by atoms with Gasteiger partial charge in [0.25, 0.3) is 0 Å². The highest BCUT2D eigenvalue weighted by atomic mass is 32.2. The molecule has 3 aromatic carbocycles. The van der Waals surface area contributed by atoms with Crippen molar-refractivity contribution in [1.29, 1.82) is 0 Å². The standard InChI is InChI=1S/C22H19FN4O4S/c1-30-13-10-11-18(31-2)17(12-13)27-22-21(25-15-7-3-4-8-16(15)26-22)20-14(23)6-5-9-19(20)32(24,28)29/h3-12H,1-2H3,(H,26,27)(H2,24,28,29). The van der Waals surface area contributed by atoms with Crippen molar-refractivity contribution in [2.45, 2.75) is 4.90 Å². The summed E-state index contributed by atoms with van der Waals surface area (Å²) >= 11 is 0. The predicted octanol–water partition coefficient (Wildman–Crippen LogP) is 3.84. The van der Waals surface area contributed by atoms with Crippen molar-refractivity contribution in [2.75, 3.05) is 19.5 Å². The molecule has 164 valence electrons. The lowest BCUT2D eigenvalue weighted by atomic mass is 10.1. The second kappa shape index (κ2) is 8.40. The van der Waals surface area contributed by atoms with E-state index in [0.717, 1.165) is 6.07 Å². The van der Waals surface area contributed by atoms with Gasteiger partial charge in [-0.15, -0.1) is 0 Å². The first-order valence-electron chi connectivity index (χ1n) is 9.39. The van der Waals surface area contributed by atoms with E-state index in [1.54, 1.807) is 42.5 Å². The molecule has 32 heavy (non-hydrogen) atoms. The lowest BCUT2D eigenvalue weighted by Gasteiger charge is -2.17. The molecule has 0 fully saturated rings. The lowest BCUT2D eigenvalue weighted by Crippen LogP contribution is -2.15. The highest BCUT2D eigenvalue weighted by molar-refractivity contribution is 7.89. The van der Waals surface area contributed by atoms with Crippen LogP contribution in [0, 0.1) is 5.82 Å². The van der Waals surface area contributed by atoms with Crippen LogP contribution in [0.2, 0.25) is 0 Å². The molecule has 8 nitrogen and oxygen atoms in total. The minimum atomic E-state index is -4.25. The van der Waals surface area contributed by atoms with Crippen molar-refractivity contribution in [3.05, 3.63) is 66.5 Å². The summed E-state index contributed by atoms with van der Waals surface area (Å²) in [6.07, 6.45) is 0. The van der Waals surface area contributed by atoms with Gasteiger partial charge in [-0.3, -0.25) is 0 Å². The van der Waals surface area contributed by atoms with Crippen molar-refractivity contribution < 1.29 is 22.3 Å². The number of aromatic nitrogens is 2. The van der Waals surface area contributed by atoms with Crippen LogP contribution in [0.5, 0.6) is 11.5 Å². The number of primary sulfonamides is 1. The maximum absolute atomic E-state index is 15.0. The number of fused-ring (bicyclic) bond motifs is 1. The molecule has 0 bridgehead atoms. The largest absolute Gasteiger partial charge is 0.497 e. The highest BCUT2D eigenvalue weighted by Crippen LogP contribution is 2.37. The number of nitrogens with two attached hydrogens (primary N) is 1. The van der Waals surface area contributed by atoms with Crippen LogP contribution in [-0.4, -0.2) is 32.6 Å². The molecule has 0 aliphatic rings. The van der Waals surface area contributed by atoms with Crippen LogP contribution in [0.3, 0.4) is 0 Å². The summed E-state index contributed by atoms with van der Waals surface area (Å²) in [5.41, 5.74) is 1.14. The molecule has 0 saturated heterocycles. The Morgan fingerprint density at radius 2 is 1.66 bits per heavy atom. The molecular formula is C22H19FN4O4S. The van der Waals surface area contributed by atoms with Gasteiger partial charge < -0.3 is 14.8 Å². The molecule has 1 heterocycles. The minimum absolute atomic E-state index is 0.0179. The third-order valence-electron chi connectivity index (χ3n) is 4.75. The van der Waals surface area contributed by atoms with E-state index in [9.17, 15) is 12.8 Å². The molecule has 3 N–H and O–H groups in total. The third kappa shape index (κ3) is 4.05. The molecule has 10 heteroatoms. The van der Waals surface area contributed by atoms with Gasteiger partial charge in [0.2, 0.25) is 10.0 Å². The monoisotopic (exact) mass is 454 g/mol. The van der Waals surface area contributed by atoms with E-state index in [1.807, 2.05) is 0 Å². The Hall–Kier alpha value is -3.76. The van der Waals surface area contributed by atoms with Gasteiger partial charge in [-0.05, 0) is 36.4 Å². The number of nitrogens with zero attached hydrogens (tertiary/aromatic N) is 2. The van der Waals surface area contributed by atoms with Gasteiger partial charge in [-0.1, -0.05) is 18.2 Å². The van der Waals surface area contributed by atoms with Crippen molar-refractivity contribution in [2.24, 2.45) is 5.14 Å². The predicted molar refractivity (Wildman–Crippen MR) is 119 cm³/mol. The Morgan fingerprint density at radius 1 is 0.938 bits per heavy atom. The van der Waals surface area contributed by atoms with E-state index in [1.165, 1.54) is 26.4 Å². The molecule has 0 saturated carbocycles. The smallest absolute Gasteiger partial charge is 0.238 e. The van der Waals surface area contributed by atoms with E-state index in [4.69, 9.17) is 14.6 Å². The normalized spacial score (nSPS) is 11.4. The van der Waals surface area contributed by atoms with Crippen molar-refractivity contribution in [3.63, 3.8) is 0 Å². The summed E-state index contributed by atoms with van der Waals surface area (Å²) in [5, 5.41) is 8.45. The number of sulfonamides is 1. The lowest BCUT2D eigenvalue weighted by molar-refractivity contribution is 0.405.